The van der Waals surface area contributed by atoms with E-state index in [1.807, 2.05) is 25.1 Å². The number of aryl methyl sites for hydroxylation is 1. The van der Waals surface area contributed by atoms with Crippen LogP contribution in [0.3, 0.4) is 0 Å². The molecule has 1 aliphatic carbocycles. The van der Waals surface area contributed by atoms with Gasteiger partial charge in [0, 0.05) is 28.8 Å². The summed E-state index contributed by atoms with van der Waals surface area (Å²) < 4.78 is 0. The molecule has 0 bridgehead atoms. The van der Waals surface area contributed by atoms with E-state index in [9.17, 15) is 0 Å². The van der Waals surface area contributed by atoms with Crippen molar-refractivity contribution in [2.75, 3.05) is 0 Å². The number of hydrazone groups is 1. The van der Waals surface area contributed by atoms with Crippen LogP contribution in [0.1, 0.15) is 16.8 Å². The van der Waals surface area contributed by atoms with Gasteiger partial charge in [-0.05, 0) is 6.92 Å². The Morgan fingerprint density at radius 2 is 2.06 bits per heavy atom. The molecule has 0 atom stereocenters. The van der Waals surface area contributed by atoms with Crippen LogP contribution in [-0.4, -0.2) is 15.9 Å². The van der Waals surface area contributed by atoms with Gasteiger partial charge in [-0.1, -0.05) is 24.3 Å². The Hall–Kier alpha value is -2.10. The van der Waals surface area contributed by atoms with Crippen LogP contribution < -0.4 is 5.84 Å². The van der Waals surface area contributed by atoms with Crippen molar-refractivity contribution >= 4 is 5.71 Å². The molecule has 3 N–H and O–H groups in total. The minimum atomic E-state index is 0.755. The van der Waals surface area contributed by atoms with Crippen molar-refractivity contribution in [3.8, 4) is 11.3 Å². The van der Waals surface area contributed by atoms with Crippen LogP contribution in [0.2, 0.25) is 0 Å². The Morgan fingerprint density at radius 3 is 2.81 bits per heavy atom. The third-order valence-electron chi connectivity index (χ3n) is 3.07. The van der Waals surface area contributed by atoms with E-state index in [-0.39, 0.29) is 0 Å². The van der Waals surface area contributed by atoms with Crippen molar-refractivity contribution in [1.82, 2.24) is 10.2 Å². The number of aromatic amines is 1. The van der Waals surface area contributed by atoms with E-state index in [4.69, 9.17) is 5.84 Å². The summed E-state index contributed by atoms with van der Waals surface area (Å²) in [5.41, 5.74) is 6.43. The van der Waals surface area contributed by atoms with E-state index in [0.29, 0.717) is 0 Å². The monoisotopic (exact) mass is 212 g/mol. The molecule has 0 amide bonds. The lowest BCUT2D eigenvalue weighted by atomic mass is 9.88. The van der Waals surface area contributed by atoms with Crippen LogP contribution in [0, 0.1) is 6.92 Å². The highest BCUT2D eigenvalue weighted by atomic mass is 15.1. The maximum atomic E-state index is 5.45. The molecule has 0 aliphatic heterocycles. The van der Waals surface area contributed by atoms with Crippen LogP contribution in [0.25, 0.3) is 11.3 Å². The first-order chi connectivity index (χ1) is 7.81. The summed E-state index contributed by atoms with van der Waals surface area (Å²) in [6, 6.07) is 8.09. The van der Waals surface area contributed by atoms with Gasteiger partial charge in [-0.15, -0.1) is 0 Å². The first-order valence-electron chi connectivity index (χ1n) is 5.21. The van der Waals surface area contributed by atoms with Gasteiger partial charge >= 0.3 is 0 Å². The van der Waals surface area contributed by atoms with Crippen molar-refractivity contribution < 1.29 is 0 Å². The molecule has 1 heterocycles. The Morgan fingerprint density at radius 1 is 1.31 bits per heavy atom. The molecular weight excluding hydrogens is 200 g/mol. The molecule has 0 radical (unpaired) electrons. The van der Waals surface area contributed by atoms with E-state index in [1.54, 1.807) is 0 Å². The highest BCUT2D eigenvalue weighted by Gasteiger charge is 2.24. The molecule has 0 saturated carbocycles. The third kappa shape index (κ3) is 1.10. The Labute approximate surface area is 93.2 Å². The van der Waals surface area contributed by atoms with E-state index in [2.05, 4.69) is 21.4 Å². The van der Waals surface area contributed by atoms with E-state index < -0.39 is 0 Å². The predicted molar refractivity (Wildman–Crippen MR) is 63.2 cm³/mol. The van der Waals surface area contributed by atoms with E-state index >= 15 is 0 Å². The molecule has 0 spiro atoms. The zero-order valence-corrected chi connectivity index (χ0v) is 8.99. The number of rotatable bonds is 0. The maximum Gasteiger partial charge on any atom is 0.0966 e. The summed E-state index contributed by atoms with van der Waals surface area (Å²) in [4.78, 5) is 0. The molecule has 0 saturated heterocycles. The first-order valence-corrected chi connectivity index (χ1v) is 5.21. The molecule has 1 aliphatic rings. The molecule has 3 rings (SSSR count). The van der Waals surface area contributed by atoms with Gasteiger partial charge in [-0.2, -0.15) is 10.2 Å². The summed E-state index contributed by atoms with van der Waals surface area (Å²) in [6.45, 7) is 2.02. The van der Waals surface area contributed by atoms with E-state index in [1.165, 1.54) is 5.56 Å². The number of benzene rings is 1. The van der Waals surface area contributed by atoms with Gasteiger partial charge in [0.25, 0.3) is 0 Å². The highest BCUT2D eigenvalue weighted by Crippen LogP contribution is 2.33. The summed E-state index contributed by atoms with van der Waals surface area (Å²) in [5, 5.41) is 11.2. The van der Waals surface area contributed by atoms with Crippen molar-refractivity contribution in [3.63, 3.8) is 0 Å². The number of hydrogen-bond donors (Lipinski definition) is 2. The SMILES string of the molecule is Cc1[nH]nc2c1C/C(=N\N)c1ccccc1-2. The Balaban J connectivity index is 2.34. The number of aromatic nitrogens is 2. The third-order valence-corrected chi connectivity index (χ3v) is 3.07. The summed E-state index contributed by atoms with van der Waals surface area (Å²) in [5.74, 6) is 5.45. The molecule has 1 aromatic carbocycles. The number of nitrogens with two attached hydrogens (primary N) is 1. The van der Waals surface area contributed by atoms with Gasteiger partial charge < -0.3 is 5.84 Å². The Kier molecular flexibility index (Phi) is 1.83. The van der Waals surface area contributed by atoms with Crippen molar-refractivity contribution in [3.05, 3.63) is 41.1 Å². The molecule has 4 heteroatoms. The zero-order valence-electron chi connectivity index (χ0n) is 8.99. The minimum absolute atomic E-state index is 0.755. The minimum Gasteiger partial charge on any atom is -0.323 e. The number of nitrogens with zero attached hydrogens (tertiary/aromatic N) is 2. The number of hydrogen-bond acceptors (Lipinski definition) is 3. The topological polar surface area (TPSA) is 67.1 Å². The molecule has 4 nitrogen and oxygen atoms in total. The standard InChI is InChI=1S/C12H12N4/c1-7-10-6-11(14-13)8-4-2-3-5-9(8)12(10)16-15-7/h2-5H,6,13H2,1H3,(H,15,16)/b14-11+. The normalized spacial score (nSPS) is 15.9. The van der Waals surface area contributed by atoms with Gasteiger partial charge in [0.2, 0.25) is 0 Å². The van der Waals surface area contributed by atoms with Crippen molar-refractivity contribution in [1.29, 1.82) is 0 Å². The number of H-pyrrole nitrogens is 1. The van der Waals surface area contributed by atoms with Gasteiger partial charge in [-0.25, -0.2) is 0 Å². The van der Waals surface area contributed by atoms with Gasteiger partial charge in [0.15, 0.2) is 0 Å². The summed E-state index contributed by atoms with van der Waals surface area (Å²) in [7, 11) is 0. The average molecular weight is 212 g/mol. The quantitative estimate of drug-likeness (QED) is 0.514. The fraction of sp³-hybridized carbons (Fsp3) is 0.167. The molecule has 0 fully saturated rings. The van der Waals surface area contributed by atoms with Crippen LogP contribution in [-0.2, 0) is 6.42 Å². The second-order valence-corrected chi connectivity index (χ2v) is 3.97. The first kappa shape index (κ1) is 9.15. The lowest BCUT2D eigenvalue weighted by Crippen LogP contribution is -2.15. The molecule has 1 aromatic heterocycles. The van der Waals surface area contributed by atoms with E-state index in [0.717, 1.165) is 34.6 Å². The second-order valence-electron chi connectivity index (χ2n) is 3.97. The molecular formula is C12H12N4. The van der Waals surface area contributed by atoms with Crippen molar-refractivity contribution in [2.24, 2.45) is 10.9 Å². The average Bonchev–Trinajstić information content (AvgIpc) is 2.70. The summed E-state index contributed by atoms with van der Waals surface area (Å²) >= 11 is 0. The molecule has 0 unspecified atom stereocenters. The van der Waals surface area contributed by atoms with Gasteiger partial charge in [0.05, 0.1) is 11.4 Å². The lowest BCUT2D eigenvalue weighted by Gasteiger charge is -2.16. The Bertz CT molecular complexity index is 580. The number of nitrogens with one attached hydrogen (secondary N) is 1. The van der Waals surface area contributed by atoms with Gasteiger partial charge in [-0.3, -0.25) is 5.10 Å². The lowest BCUT2D eigenvalue weighted by molar-refractivity contribution is 1.05. The molecule has 2 aromatic rings. The predicted octanol–water partition coefficient (Wildman–Crippen LogP) is 1.60. The number of fused-ring (bicyclic) bond motifs is 3. The fourth-order valence-electron chi connectivity index (χ4n) is 2.21. The van der Waals surface area contributed by atoms with Crippen molar-refractivity contribution in [2.45, 2.75) is 13.3 Å². The van der Waals surface area contributed by atoms with Crippen LogP contribution >= 0.6 is 0 Å². The van der Waals surface area contributed by atoms with Crippen LogP contribution in [0.5, 0.6) is 0 Å². The molecule has 80 valence electrons. The largest absolute Gasteiger partial charge is 0.323 e. The van der Waals surface area contributed by atoms with Gasteiger partial charge in [0.1, 0.15) is 0 Å². The van der Waals surface area contributed by atoms with Crippen LogP contribution in [0.15, 0.2) is 29.4 Å². The molecule has 16 heavy (non-hydrogen) atoms. The second kappa shape index (κ2) is 3.20. The summed E-state index contributed by atoms with van der Waals surface area (Å²) in [6.07, 6.45) is 0.755. The maximum absolute atomic E-state index is 5.45. The fourth-order valence-corrected chi connectivity index (χ4v) is 2.21. The van der Waals surface area contributed by atoms with Crippen LogP contribution in [0.4, 0.5) is 0 Å². The zero-order chi connectivity index (χ0) is 11.1. The highest BCUT2D eigenvalue weighted by molar-refractivity contribution is 6.10. The smallest absolute Gasteiger partial charge is 0.0966 e.